The SMILES string of the molecule is Cn1nnc2cc(C(=O)Nc3cccc4c3CCCC4)ccc21. The number of anilines is 1. The molecule has 1 aliphatic rings. The number of hydrogen-bond acceptors (Lipinski definition) is 3. The molecule has 4 rings (SSSR count). The van der Waals surface area contributed by atoms with Gasteiger partial charge < -0.3 is 5.32 Å². The summed E-state index contributed by atoms with van der Waals surface area (Å²) in [4.78, 5) is 12.6. The zero-order valence-corrected chi connectivity index (χ0v) is 13.0. The van der Waals surface area contributed by atoms with Gasteiger partial charge in [-0.1, -0.05) is 17.3 Å². The number of hydrogen-bond donors (Lipinski definition) is 1. The van der Waals surface area contributed by atoms with Gasteiger partial charge in [-0.3, -0.25) is 4.79 Å². The molecule has 5 nitrogen and oxygen atoms in total. The van der Waals surface area contributed by atoms with Crippen LogP contribution < -0.4 is 5.32 Å². The molecule has 0 bridgehead atoms. The summed E-state index contributed by atoms with van der Waals surface area (Å²) >= 11 is 0. The normalized spacial score (nSPS) is 13.8. The highest BCUT2D eigenvalue weighted by Gasteiger charge is 2.15. The maximum atomic E-state index is 12.6. The second-order valence-electron chi connectivity index (χ2n) is 6.02. The summed E-state index contributed by atoms with van der Waals surface area (Å²) in [6.45, 7) is 0. The standard InChI is InChI=1S/C18H18N4O/c1-22-17-10-9-13(11-16(17)20-21-22)18(23)19-15-8-4-6-12-5-2-3-7-14(12)15/h4,6,8-11H,2-3,5,7H2,1H3,(H,19,23). The van der Waals surface area contributed by atoms with Crippen molar-refractivity contribution in [1.29, 1.82) is 0 Å². The van der Waals surface area contributed by atoms with E-state index in [1.54, 1.807) is 10.7 Å². The number of carbonyl (C=O) groups excluding carboxylic acids is 1. The highest BCUT2D eigenvalue weighted by atomic mass is 16.1. The Hall–Kier alpha value is -2.69. The van der Waals surface area contributed by atoms with Gasteiger partial charge in [-0.15, -0.1) is 5.10 Å². The van der Waals surface area contributed by atoms with Crippen molar-refractivity contribution >= 4 is 22.6 Å². The topological polar surface area (TPSA) is 59.8 Å². The van der Waals surface area contributed by atoms with E-state index in [0.29, 0.717) is 5.56 Å². The molecule has 3 aromatic rings. The van der Waals surface area contributed by atoms with Crippen LogP contribution in [0.1, 0.15) is 34.3 Å². The Morgan fingerprint density at radius 1 is 1.17 bits per heavy atom. The second kappa shape index (κ2) is 5.50. The van der Waals surface area contributed by atoms with Gasteiger partial charge in [0, 0.05) is 18.3 Å². The summed E-state index contributed by atoms with van der Waals surface area (Å²) in [5.74, 6) is -0.100. The molecule has 5 heteroatoms. The van der Waals surface area contributed by atoms with Gasteiger partial charge in [0.1, 0.15) is 5.52 Å². The molecule has 0 atom stereocenters. The van der Waals surface area contributed by atoms with E-state index in [1.165, 1.54) is 24.0 Å². The van der Waals surface area contributed by atoms with E-state index in [9.17, 15) is 4.79 Å². The first-order chi connectivity index (χ1) is 11.2. The number of benzene rings is 2. The van der Waals surface area contributed by atoms with Gasteiger partial charge in [0.2, 0.25) is 0 Å². The monoisotopic (exact) mass is 306 g/mol. The molecule has 23 heavy (non-hydrogen) atoms. The zero-order valence-electron chi connectivity index (χ0n) is 13.0. The average Bonchev–Trinajstić information content (AvgIpc) is 2.96. The van der Waals surface area contributed by atoms with Crippen molar-refractivity contribution < 1.29 is 4.79 Å². The Morgan fingerprint density at radius 3 is 2.96 bits per heavy atom. The van der Waals surface area contributed by atoms with Crippen molar-refractivity contribution in [3.05, 3.63) is 53.1 Å². The number of aromatic nitrogens is 3. The molecule has 2 aromatic carbocycles. The molecule has 1 N–H and O–H groups in total. The quantitative estimate of drug-likeness (QED) is 0.791. The van der Waals surface area contributed by atoms with Crippen LogP contribution in [0.4, 0.5) is 5.69 Å². The Labute approximate surface area is 134 Å². The van der Waals surface area contributed by atoms with E-state index in [4.69, 9.17) is 0 Å². The number of nitrogens with zero attached hydrogens (tertiary/aromatic N) is 3. The van der Waals surface area contributed by atoms with E-state index in [2.05, 4.69) is 21.7 Å². The summed E-state index contributed by atoms with van der Waals surface area (Å²) < 4.78 is 1.70. The number of fused-ring (bicyclic) bond motifs is 2. The first-order valence-electron chi connectivity index (χ1n) is 7.94. The maximum Gasteiger partial charge on any atom is 0.255 e. The van der Waals surface area contributed by atoms with E-state index in [1.807, 2.05) is 31.3 Å². The van der Waals surface area contributed by atoms with Gasteiger partial charge in [0.15, 0.2) is 0 Å². The Balaban J connectivity index is 1.64. The predicted molar refractivity (Wildman–Crippen MR) is 89.5 cm³/mol. The first kappa shape index (κ1) is 13.9. The summed E-state index contributed by atoms with van der Waals surface area (Å²) in [7, 11) is 1.84. The van der Waals surface area contributed by atoms with Crippen LogP contribution in [-0.2, 0) is 19.9 Å². The van der Waals surface area contributed by atoms with E-state index < -0.39 is 0 Å². The minimum Gasteiger partial charge on any atom is -0.322 e. The van der Waals surface area contributed by atoms with Crippen LogP contribution in [0.3, 0.4) is 0 Å². The van der Waals surface area contributed by atoms with Crippen LogP contribution in [0.5, 0.6) is 0 Å². The summed E-state index contributed by atoms with van der Waals surface area (Å²) in [5, 5.41) is 11.1. The Bertz CT molecular complexity index is 897. The Kier molecular flexibility index (Phi) is 3.33. The largest absolute Gasteiger partial charge is 0.322 e. The molecule has 0 saturated carbocycles. The lowest BCUT2D eigenvalue weighted by Gasteiger charge is -2.19. The molecular formula is C18H18N4O. The lowest BCUT2D eigenvalue weighted by molar-refractivity contribution is 0.102. The summed E-state index contributed by atoms with van der Waals surface area (Å²) in [6.07, 6.45) is 4.55. The third kappa shape index (κ3) is 2.48. The predicted octanol–water partition coefficient (Wildman–Crippen LogP) is 3.10. The summed E-state index contributed by atoms with van der Waals surface area (Å²) in [6, 6.07) is 11.7. The number of nitrogens with one attached hydrogen (secondary N) is 1. The van der Waals surface area contributed by atoms with E-state index in [-0.39, 0.29) is 5.91 Å². The number of aryl methyl sites for hydroxylation is 2. The molecule has 0 fully saturated rings. The molecule has 0 aliphatic heterocycles. The minimum absolute atomic E-state index is 0.100. The van der Waals surface area contributed by atoms with Crippen molar-refractivity contribution in [2.24, 2.45) is 7.05 Å². The lowest BCUT2D eigenvalue weighted by Crippen LogP contribution is -2.15. The van der Waals surface area contributed by atoms with Gasteiger partial charge in [-0.2, -0.15) is 0 Å². The van der Waals surface area contributed by atoms with Gasteiger partial charge in [-0.25, -0.2) is 4.68 Å². The van der Waals surface area contributed by atoms with E-state index >= 15 is 0 Å². The second-order valence-corrected chi connectivity index (χ2v) is 6.02. The van der Waals surface area contributed by atoms with Crippen molar-refractivity contribution in [2.75, 3.05) is 5.32 Å². The fourth-order valence-corrected chi connectivity index (χ4v) is 3.27. The lowest BCUT2D eigenvalue weighted by atomic mass is 9.90. The molecule has 0 radical (unpaired) electrons. The maximum absolute atomic E-state index is 12.6. The molecular weight excluding hydrogens is 288 g/mol. The number of carbonyl (C=O) groups is 1. The molecule has 0 unspecified atom stereocenters. The van der Waals surface area contributed by atoms with Crippen molar-refractivity contribution in [3.8, 4) is 0 Å². The van der Waals surface area contributed by atoms with Crippen LogP contribution in [0.25, 0.3) is 11.0 Å². The van der Waals surface area contributed by atoms with Gasteiger partial charge in [0.05, 0.1) is 5.52 Å². The van der Waals surface area contributed by atoms with Crippen LogP contribution in [0.15, 0.2) is 36.4 Å². The van der Waals surface area contributed by atoms with Crippen LogP contribution in [0, 0.1) is 0 Å². The highest BCUT2D eigenvalue weighted by molar-refractivity contribution is 6.06. The van der Waals surface area contributed by atoms with Gasteiger partial charge in [0.25, 0.3) is 5.91 Å². The number of rotatable bonds is 2. The fourth-order valence-electron chi connectivity index (χ4n) is 3.27. The zero-order chi connectivity index (χ0) is 15.8. The van der Waals surface area contributed by atoms with E-state index in [0.717, 1.165) is 29.6 Å². The minimum atomic E-state index is -0.100. The average molecular weight is 306 g/mol. The molecule has 1 heterocycles. The highest BCUT2D eigenvalue weighted by Crippen LogP contribution is 2.28. The molecule has 0 saturated heterocycles. The molecule has 116 valence electrons. The van der Waals surface area contributed by atoms with Crippen LogP contribution >= 0.6 is 0 Å². The fraction of sp³-hybridized carbons (Fsp3) is 0.278. The first-order valence-corrected chi connectivity index (χ1v) is 7.94. The molecule has 1 amide bonds. The van der Waals surface area contributed by atoms with Gasteiger partial charge in [-0.05, 0) is 61.1 Å². The third-order valence-electron chi connectivity index (χ3n) is 4.52. The third-order valence-corrected chi connectivity index (χ3v) is 4.52. The summed E-state index contributed by atoms with van der Waals surface area (Å²) in [5.41, 5.74) is 5.83. The molecule has 0 spiro atoms. The number of amides is 1. The van der Waals surface area contributed by atoms with Crippen molar-refractivity contribution in [1.82, 2.24) is 15.0 Å². The molecule has 1 aliphatic carbocycles. The van der Waals surface area contributed by atoms with Crippen molar-refractivity contribution in [2.45, 2.75) is 25.7 Å². The molecule has 1 aromatic heterocycles. The smallest absolute Gasteiger partial charge is 0.255 e. The van der Waals surface area contributed by atoms with Crippen molar-refractivity contribution in [3.63, 3.8) is 0 Å². The van der Waals surface area contributed by atoms with Gasteiger partial charge >= 0.3 is 0 Å². The van der Waals surface area contributed by atoms with Crippen LogP contribution in [0.2, 0.25) is 0 Å². The Morgan fingerprint density at radius 2 is 2.04 bits per heavy atom. The van der Waals surface area contributed by atoms with Crippen LogP contribution in [-0.4, -0.2) is 20.9 Å².